The van der Waals surface area contributed by atoms with Gasteiger partial charge in [-0.1, -0.05) is 24.3 Å². The van der Waals surface area contributed by atoms with Crippen molar-refractivity contribution in [3.63, 3.8) is 0 Å². The van der Waals surface area contributed by atoms with Gasteiger partial charge in [-0.15, -0.1) is 0 Å². The number of ether oxygens (including phenoxy) is 1. The maximum absolute atomic E-state index is 11.9. The predicted molar refractivity (Wildman–Crippen MR) is 68.4 cm³/mol. The molecule has 2 nitrogen and oxygen atoms in total. The zero-order chi connectivity index (χ0) is 12.1. The highest BCUT2D eigenvalue weighted by atomic mass is 16.5. The highest BCUT2D eigenvalue weighted by molar-refractivity contribution is 5.97. The van der Waals surface area contributed by atoms with Crippen molar-refractivity contribution in [2.45, 2.75) is 26.2 Å². The first-order chi connectivity index (χ1) is 8.31. The maximum Gasteiger partial charge on any atom is 0.188 e. The number of allylic oxidation sites excluding steroid dienone is 1. The van der Waals surface area contributed by atoms with Gasteiger partial charge < -0.3 is 4.74 Å². The molecule has 1 aliphatic carbocycles. The summed E-state index contributed by atoms with van der Waals surface area (Å²) in [6.07, 6.45) is 7.29. The fourth-order valence-electron chi connectivity index (χ4n) is 2.14. The lowest BCUT2D eigenvalue weighted by molar-refractivity contribution is 0.0806. The van der Waals surface area contributed by atoms with Crippen LogP contribution in [0.1, 0.15) is 34.8 Å². The summed E-state index contributed by atoms with van der Waals surface area (Å²) in [6.45, 7) is 2.61. The molecule has 1 aromatic carbocycles. The van der Waals surface area contributed by atoms with Crippen molar-refractivity contribution in [2.24, 2.45) is 0 Å². The summed E-state index contributed by atoms with van der Waals surface area (Å²) >= 11 is 0. The first-order valence-corrected chi connectivity index (χ1v) is 6.15. The van der Waals surface area contributed by atoms with Gasteiger partial charge in [-0.3, -0.25) is 4.79 Å². The van der Waals surface area contributed by atoms with Gasteiger partial charge in [-0.2, -0.15) is 0 Å². The van der Waals surface area contributed by atoms with E-state index in [9.17, 15) is 4.79 Å². The Morgan fingerprint density at radius 2 is 2.18 bits per heavy atom. The fourth-order valence-corrected chi connectivity index (χ4v) is 2.14. The van der Waals surface area contributed by atoms with E-state index in [0.717, 1.165) is 18.4 Å². The molecular formula is C15H18O2. The molecule has 0 spiro atoms. The molecule has 0 unspecified atom stereocenters. The van der Waals surface area contributed by atoms with Crippen LogP contribution in [0.25, 0.3) is 0 Å². The molecule has 0 aliphatic heterocycles. The van der Waals surface area contributed by atoms with Crippen LogP contribution < -0.4 is 0 Å². The van der Waals surface area contributed by atoms with E-state index in [1.54, 1.807) is 0 Å². The molecule has 0 fully saturated rings. The molecule has 0 atom stereocenters. The molecule has 0 amide bonds. The van der Waals surface area contributed by atoms with E-state index >= 15 is 0 Å². The van der Waals surface area contributed by atoms with Crippen LogP contribution in [0.15, 0.2) is 30.4 Å². The zero-order valence-electron chi connectivity index (χ0n) is 10.2. The van der Waals surface area contributed by atoms with Gasteiger partial charge in [0.25, 0.3) is 0 Å². The molecule has 1 aliphatic rings. The van der Waals surface area contributed by atoms with Crippen LogP contribution in [-0.2, 0) is 17.6 Å². The number of hydrogen-bond donors (Lipinski definition) is 0. The molecule has 0 saturated carbocycles. The van der Waals surface area contributed by atoms with Gasteiger partial charge >= 0.3 is 0 Å². The second-order valence-electron chi connectivity index (χ2n) is 4.34. The Bertz CT molecular complexity index is 433. The number of aryl methyl sites for hydroxylation is 2. The minimum absolute atomic E-state index is 0.0733. The lowest BCUT2D eigenvalue weighted by atomic mass is 10.0. The van der Waals surface area contributed by atoms with Crippen molar-refractivity contribution >= 4 is 5.78 Å². The summed E-state index contributed by atoms with van der Waals surface area (Å²) in [5.74, 6) is 0.0733. The first kappa shape index (κ1) is 12.1. The predicted octanol–water partition coefficient (Wildman–Crippen LogP) is 2.95. The van der Waals surface area contributed by atoms with Crippen LogP contribution in [0, 0.1) is 0 Å². The molecule has 0 radical (unpaired) electrons. The van der Waals surface area contributed by atoms with Crippen LogP contribution in [0.5, 0.6) is 0 Å². The van der Waals surface area contributed by atoms with Crippen LogP contribution in [0.4, 0.5) is 0 Å². The normalized spacial score (nSPS) is 14.2. The van der Waals surface area contributed by atoms with Gasteiger partial charge in [0, 0.05) is 5.56 Å². The molecule has 0 heterocycles. The van der Waals surface area contributed by atoms with Crippen LogP contribution in [0.2, 0.25) is 0 Å². The molecule has 0 saturated heterocycles. The number of ketones is 1. The molecule has 0 aromatic heterocycles. The second kappa shape index (κ2) is 5.78. The van der Waals surface area contributed by atoms with E-state index < -0.39 is 0 Å². The van der Waals surface area contributed by atoms with E-state index in [4.69, 9.17) is 4.74 Å². The largest absolute Gasteiger partial charge is 0.369 e. The van der Waals surface area contributed by atoms with Crippen molar-refractivity contribution in [3.05, 3.63) is 47.0 Å². The summed E-state index contributed by atoms with van der Waals surface area (Å²) in [4.78, 5) is 11.9. The molecule has 2 rings (SSSR count). The van der Waals surface area contributed by atoms with Gasteiger partial charge in [0.15, 0.2) is 5.78 Å². The van der Waals surface area contributed by atoms with Gasteiger partial charge in [0.2, 0.25) is 0 Å². The monoisotopic (exact) mass is 230 g/mol. The average molecular weight is 230 g/mol. The van der Waals surface area contributed by atoms with Crippen molar-refractivity contribution in [1.29, 1.82) is 0 Å². The Morgan fingerprint density at radius 3 is 3.00 bits per heavy atom. The van der Waals surface area contributed by atoms with E-state index in [2.05, 4.69) is 6.07 Å². The number of benzene rings is 1. The SMILES string of the molecule is CC=CCOCC(=O)c1ccc2c(c1)CCC2. The smallest absolute Gasteiger partial charge is 0.188 e. The summed E-state index contributed by atoms with van der Waals surface area (Å²) in [7, 11) is 0. The van der Waals surface area contributed by atoms with E-state index in [1.807, 2.05) is 31.2 Å². The number of rotatable bonds is 5. The Hall–Kier alpha value is -1.41. The highest BCUT2D eigenvalue weighted by Crippen LogP contribution is 2.22. The topological polar surface area (TPSA) is 26.3 Å². The van der Waals surface area contributed by atoms with Crippen LogP contribution in [0.3, 0.4) is 0 Å². The number of Topliss-reactive ketones (excluding diaryl/α,β-unsaturated/α-hetero) is 1. The third kappa shape index (κ3) is 3.04. The Kier molecular flexibility index (Phi) is 4.10. The summed E-state index contributed by atoms with van der Waals surface area (Å²) in [5.41, 5.74) is 3.52. The molecule has 1 aromatic rings. The fraction of sp³-hybridized carbons (Fsp3) is 0.400. The summed E-state index contributed by atoms with van der Waals surface area (Å²) in [6, 6.07) is 6.04. The number of carbonyl (C=O) groups excluding carboxylic acids is 1. The van der Waals surface area contributed by atoms with E-state index in [0.29, 0.717) is 6.61 Å². The minimum Gasteiger partial charge on any atom is -0.369 e. The number of carbonyl (C=O) groups is 1. The zero-order valence-corrected chi connectivity index (χ0v) is 10.2. The van der Waals surface area contributed by atoms with Gasteiger partial charge in [-0.05, 0) is 43.4 Å². The summed E-state index contributed by atoms with van der Waals surface area (Å²) < 4.78 is 5.27. The van der Waals surface area contributed by atoms with Crippen molar-refractivity contribution < 1.29 is 9.53 Å². The first-order valence-electron chi connectivity index (χ1n) is 6.15. The lowest BCUT2D eigenvalue weighted by Crippen LogP contribution is -2.09. The molecule has 0 N–H and O–H groups in total. The van der Waals surface area contributed by atoms with Gasteiger partial charge in [-0.25, -0.2) is 0 Å². The minimum atomic E-state index is 0.0733. The molecule has 0 bridgehead atoms. The second-order valence-corrected chi connectivity index (χ2v) is 4.34. The lowest BCUT2D eigenvalue weighted by Gasteiger charge is -2.04. The molecule has 90 valence electrons. The molecule has 17 heavy (non-hydrogen) atoms. The third-order valence-electron chi connectivity index (χ3n) is 3.10. The molecule has 2 heteroatoms. The molecular weight excluding hydrogens is 212 g/mol. The van der Waals surface area contributed by atoms with E-state index in [-0.39, 0.29) is 12.4 Å². The van der Waals surface area contributed by atoms with Crippen molar-refractivity contribution in [3.8, 4) is 0 Å². The Balaban J connectivity index is 1.95. The van der Waals surface area contributed by atoms with Gasteiger partial charge in [0.1, 0.15) is 6.61 Å². The highest BCUT2D eigenvalue weighted by Gasteiger charge is 2.13. The van der Waals surface area contributed by atoms with Crippen LogP contribution in [-0.4, -0.2) is 19.0 Å². The number of hydrogen-bond acceptors (Lipinski definition) is 2. The van der Waals surface area contributed by atoms with Crippen molar-refractivity contribution in [2.75, 3.05) is 13.2 Å². The number of fused-ring (bicyclic) bond motifs is 1. The third-order valence-corrected chi connectivity index (χ3v) is 3.10. The quantitative estimate of drug-likeness (QED) is 0.441. The summed E-state index contributed by atoms with van der Waals surface area (Å²) in [5, 5.41) is 0. The average Bonchev–Trinajstić information content (AvgIpc) is 2.81. The van der Waals surface area contributed by atoms with Gasteiger partial charge in [0.05, 0.1) is 6.61 Å². The van der Waals surface area contributed by atoms with Crippen LogP contribution >= 0.6 is 0 Å². The van der Waals surface area contributed by atoms with Crippen molar-refractivity contribution in [1.82, 2.24) is 0 Å². The van der Waals surface area contributed by atoms with E-state index in [1.165, 1.54) is 17.5 Å². The Labute approximate surface area is 102 Å². The standard InChI is InChI=1S/C15H18O2/c1-2-3-9-17-11-15(16)14-8-7-12-5-4-6-13(12)10-14/h2-3,7-8,10H,4-6,9,11H2,1H3. The maximum atomic E-state index is 11.9. The Morgan fingerprint density at radius 1 is 1.35 bits per heavy atom.